The van der Waals surface area contributed by atoms with Crippen LogP contribution in [0.3, 0.4) is 0 Å². The predicted molar refractivity (Wildman–Crippen MR) is 91.6 cm³/mol. The maximum absolute atomic E-state index is 12.7. The van der Waals surface area contributed by atoms with Crippen LogP contribution in [-0.4, -0.2) is 31.9 Å². The van der Waals surface area contributed by atoms with Crippen molar-refractivity contribution >= 4 is 21.6 Å². The van der Waals surface area contributed by atoms with Crippen molar-refractivity contribution < 1.29 is 13.2 Å². The van der Waals surface area contributed by atoms with Crippen LogP contribution in [0.1, 0.15) is 17.2 Å². The largest absolute Gasteiger partial charge is 0.324 e. The van der Waals surface area contributed by atoms with Crippen molar-refractivity contribution in [2.24, 2.45) is 0 Å². The summed E-state index contributed by atoms with van der Waals surface area (Å²) in [6, 6.07) is 15.3. The van der Waals surface area contributed by atoms with Gasteiger partial charge in [-0.05, 0) is 24.1 Å². The van der Waals surface area contributed by atoms with Crippen LogP contribution >= 0.6 is 0 Å². The zero-order valence-electron chi connectivity index (χ0n) is 13.4. The molecule has 1 N–H and O–H groups in total. The molecule has 23 heavy (non-hydrogen) atoms. The lowest BCUT2D eigenvalue weighted by Crippen LogP contribution is -2.38. The molecule has 0 aliphatic carbocycles. The smallest absolute Gasteiger partial charge is 0.247 e. The third-order valence-electron chi connectivity index (χ3n) is 3.65. The van der Waals surface area contributed by atoms with Gasteiger partial charge in [0.1, 0.15) is 6.04 Å². The fourth-order valence-corrected chi connectivity index (χ4v) is 2.87. The molecule has 2 aromatic carbocycles. The minimum absolute atomic E-state index is 0.390. The van der Waals surface area contributed by atoms with Crippen LogP contribution in [0.25, 0.3) is 0 Å². The number of nitrogens with one attached hydrogen (secondary N) is 1. The molecule has 6 heteroatoms. The van der Waals surface area contributed by atoms with Gasteiger partial charge in [0.05, 0.1) is 6.26 Å². The Morgan fingerprint density at radius 3 is 2.17 bits per heavy atom. The van der Waals surface area contributed by atoms with E-state index in [1.807, 2.05) is 31.2 Å². The van der Waals surface area contributed by atoms with E-state index in [4.69, 9.17) is 0 Å². The normalized spacial score (nSPS) is 12.9. The first-order valence-electron chi connectivity index (χ1n) is 7.15. The van der Waals surface area contributed by atoms with E-state index in [0.29, 0.717) is 11.3 Å². The lowest BCUT2D eigenvalue weighted by atomic mass is 10.1. The van der Waals surface area contributed by atoms with Crippen molar-refractivity contribution in [1.82, 2.24) is 4.31 Å². The number of rotatable bonds is 5. The molecule has 122 valence electrons. The summed E-state index contributed by atoms with van der Waals surface area (Å²) in [6.45, 7) is 1.88. The molecule has 5 nitrogen and oxygen atoms in total. The van der Waals surface area contributed by atoms with Gasteiger partial charge in [-0.1, -0.05) is 48.5 Å². The molecule has 0 aliphatic rings. The molecular formula is C17H20N2O3S. The lowest BCUT2D eigenvalue weighted by Gasteiger charge is -2.26. The molecule has 2 rings (SSSR count). The molecule has 0 saturated heterocycles. The molecular weight excluding hydrogens is 312 g/mol. The minimum Gasteiger partial charge on any atom is -0.324 e. The Hall–Kier alpha value is -2.18. The molecule has 0 aromatic heterocycles. The first-order chi connectivity index (χ1) is 10.8. The third kappa shape index (κ3) is 4.18. The Balaban J connectivity index is 2.38. The Kier molecular flexibility index (Phi) is 5.18. The number of hydrogen-bond acceptors (Lipinski definition) is 3. The summed E-state index contributed by atoms with van der Waals surface area (Å²) < 4.78 is 24.9. The Morgan fingerprint density at radius 2 is 1.61 bits per heavy atom. The third-order valence-corrected chi connectivity index (χ3v) is 4.91. The number of carbonyl (C=O) groups is 1. The van der Waals surface area contributed by atoms with Crippen molar-refractivity contribution in [3.63, 3.8) is 0 Å². The van der Waals surface area contributed by atoms with Crippen LogP contribution in [0, 0.1) is 6.92 Å². The highest BCUT2D eigenvalue weighted by atomic mass is 32.2. The Labute approximate surface area is 137 Å². The van der Waals surface area contributed by atoms with Crippen LogP contribution in [0.15, 0.2) is 54.6 Å². The van der Waals surface area contributed by atoms with Gasteiger partial charge in [0.25, 0.3) is 0 Å². The molecule has 0 aliphatic heterocycles. The van der Waals surface area contributed by atoms with E-state index in [2.05, 4.69) is 5.32 Å². The van der Waals surface area contributed by atoms with E-state index >= 15 is 0 Å². The van der Waals surface area contributed by atoms with Gasteiger partial charge >= 0.3 is 0 Å². The van der Waals surface area contributed by atoms with Gasteiger partial charge in [0, 0.05) is 12.7 Å². The molecule has 2 aromatic rings. The molecule has 0 fully saturated rings. The summed E-state index contributed by atoms with van der Waals surface area (Å²) in [5, 5.41) is 2.82. The number of hydrogen-bond donors (Lipinski definition) is 1. The number of benzene rings is 2. The number of sulfonamides is 1. The van der Waals surface area contributed by atoms with Gasteiger partial charge in [0.15, 0.2) is 0 Å². The average molecular weight is 332 g/mol. The van der Waals surface area contributed by atoms with Crippen molar-refractivity contribution in [1.29, 1.82) is 0 Å². The predicted octanol–water partition coefficient (Wildman–Crippen LogP) is 2.57. The highest BCUT2D eigenvalue weighted by Crippen LogP contribution is 2.24. The van der Waals surface area contributed by atoms with E-state index in [-0.39, 0.29) is 0 Å². The number of anilines is 1. The second-order valence-electron chi connectivity index (χ2n) is 5.40. The highest BCUT2D eigenvalue weighted by molar-refractivity contribution is 7.88. The quantitative estimate of drug-likeness (QED) is 0.915. The van der Waals surface area contributed by atoms with Crippen LogP contribution in [0.2, 0.25) is 0 Å². The molecule has 1 atom stereocenters. The summed E-state index contributed by atoms with van der Waals surface area (Å²) >= 11 is 0. The molecule has 0 bridgehead atoms. The number of nitrogens with zero attached hydrogens (tertiary/aromatic N) is 1. The van der Waals surface area contributed by atoms with Crippen molar-refractivity contribution in [2.45, 2.75) is 13.0 Å². The number of likely N-dealkylation sites (N-methyl/N-ethyl adjacent to an activating group) is 1. The molecule has 1 unspecified atom stereocenters. The summed E-state index contributed by atoms with van der Waals surface area (Å²) in [5.41, 5.74) is 2.20. The topological polar surface area (TPSA) is 66.5 Å². The van der Waals surface area contributed by atoms with Gasteiger partial charge in [-0.3, -0.25) is 4.79 Å². The number of amides is 1. The standard InChI is InChI=1S/C17H20N2O3S/c1-13-9-7-8-12-15(13)18-17(20)16(19(2)23(3,21)22)14-10-5-4-6-11-14/h4-12,16H,1-3H3,(H,18,20). The number of para-hydroxylation sites is 1. The zero-order valence-corrected chi connectivity index (χ0v) is 14.2. The summed E-state index contributed by atoms with van der Waals surface area (Å²) in [7, 11) is -2.12. The van der Waals surface area contributed by atoms with Crippen LogP contribution < -0.4 is 5.32 Å². The molecule has 0 heterocycles. The first kappa shape index (κ1) is 17.2. The van der Waals surface area contributed by atoms with Gasteiger partial charge in [-0.15, -0.1) is 0 Å². The van der Waals surface area contributed by atoms with Gasteiger partial charge in [-0.25, -0.2) is 8.42 Å². The fraction of sp³-hybridized carbons (Fsp3) is 0.235. The monoisotopic (exact) mass is 332 g/mol. The van der Waals surface area contributed by atoms with Crippen LogP contribution in [0.5, 0.6) is 0 Å². The van der Waals surface area contributed by atoms with E-state index in [0.717, 1.165) is 16.1 Å². The SMILES string of the molecule is Cc1ccccc1NC(=O)C(c1ccccc1)N(C)S(C)(=O)=O. The van der Waals surface area contributed by atoms with E-state index in [1.165, 1.54) is 7.05 Å². The van der Waals surface area contributed by atoms with Crippen molar-refractivity contribution in [2.75, 3.05) is 18.6 Å². The molecule has 0 radical (unpaired) electrons. The van der Waals surface area contributed by atoms with Crippen molar-refractivity contribution in [3.8, 4) is 0 Å². The Morgan fingerprint density at radius 1 is 1.04 bits per heavy atom. The van der Waals surface area contributed by atoms with Crippen LogP contribution in [0.4, 0.5) is 5.69 Å². The summed E-state index contributed by atoms with van der Waals surface area (Å²) in [6.07, 6.45) is 1.09. The van der Waals surface area contributed by atoms with E-state index in [1.54, 1.807) is 30.3 Å². The minimum atomic E-state index is -3.53. The number of carbonyl (C=O) groups excluding carboxylic acids is 1. The lowest BCUT2D eigenvalue weighted by molar-refractivity contribution is -0.119. The van der Waals surface area contributed by atoms with Gasteiger partial charge in [0.2, 0.25) is 15.9 Å². The number of aryl methyl sites for hydroxylation is 1. The van der Waals surface area contributed by atoms with E-state index in [9.17, 15) is 13.2 Å². The van der Waals surface area contributed by atoms with Crippen LogP contribution in [-0.2, 0) is 14.8 Å². The van der Waals surface area contributed by atoms with Gasteiger partial charge in [-0.2, -0.15) is 4.31 Å². The maximum Gasteiger partial charge on any atom is 0.247 e. The maximum atomic E-state index is 12.7. The van der Waals surface area contributed by atoms with Gasteiger partial charge < -0.3 is 5.32 Å². The molecule has 0 spiro atoms. The van der Waals surface area contributed by atoms with Crippen molar-refractivity contribution in [3.05, 3.63) is 65.7 Å². The average Bonchev–Trinajstić information content (AvgIpc) is 2.50. The summed E-state index contributed by atoms with van der Waals surface area (Å²) in [4.78, 5) is 12.7. The molecule has 1 amide bonds. The second kappa shape index (κ2) is 6.93. The first-order valence-corrected chi connectivity index (χ1v) is 9.00. The molecule has 0 saturated carbocycles. The second-order valence-corrected chi connectivity index (χ2v) is 7.44. The summed E-state index contributed by atoms with van der Waals surface area (Å²) in [5.74, 6) is -0.390. The van der Waals surface area contributed by atoms with E-state index < -0.39 is 22.0 Å². The fourth-order valence-electron chi connectivity index (χ4n) is 2.27. The highest BCUT2D eigenvalue weighted by Gasteiger charge is 2.30. The Bertz CT molecular complexity index is 788. The zero-order chi connectivity index (χ0) is 17.0.